The van der Waals surface area contributed by atoms with Gasteiger partial charge in [-0.2, -0.15) is 0 Å². The number of methoxy groups -OCH3 is 1. The molecule has 3 rings (SSSR count). The Balaban J connectivity index is 0.00000320. The zero-order valence-corrected chi connectivity index (χ0v) is 19.1. The number of anilines is 1. The Kier molecular flexibility index (Phi) is 9.96. The molecular formula is C23H26IN3O3. The maximum atomic E-state index is 6.04. The van der Waals surface area contributed by atoms with Crippen LogP contribution in [0.25, 0.3) is 0 Å². The standard InChI is InChI=1S/C23H25N3O3.HI/c1-27-13-14-28-21-11-5-7-18(15-21)17-25-23(24)26-19-8-6-12-22(16-19)29-20-9-3-2-4-10-20;/h2-12,15-16H,13-14,17H2,1H3,(H3,24,25,26);1H. The fourth-order valence-electron chi connectivity index (χ4n) is 2.60. The molecule has 0 bridgehead atoms. The van der Waals surface area contributed by atoms with Crippen molar-refractivity contribution in [1.82, 2.24) is 0 Å². The molecule has 7 heteroatoms. The van der Waals surface area contributed by atoms with E-state index >= 15 is 0 Å². The summed E-state index contributed by atoms with van der Waals surface area (Å²) < 4.78 is 16.4. The van der Waals surface area contributed by atoms with Crippen molar-refractivity contribution in [3.05, 3.63) is 84.4 Å². The van der Waals surface area contributed by atoms with Crippen molar-refractivity contribution >= 4 is 35.6 Å². The molecule has 0 aliphatic heterocycles. The van der Waals surface area contributed by atoms with Gasteiger partial charge in [-0.05, 0) is 42.0 Å². The molecule has 158 valence electrons. The van der Waals surface area contributed by atoms with E-state index in [1.807, 2.05) is 78.9 Å². The van der Waals surface area contributed by atoms with Crippen LogP contribution in [0.15, 0.2) is 83.9 Å². The molecule has 3 aromatic rings. The largest absolute Gasteiger partial charge is 0.491 e. The van der Waals surface area contributed by atoms with E-state index in [0.717, 1.165) is 28.5 Å². The first-order valence-corrected chi connectivity index (χ1v) is 9.33. The smallest absolute Gasteiger partial charge is 0.193 e. The summed E-state index contributed by atoms with van der Waals surface area (Å²) in [5, 5.41) is 3.09. The van der Waals surface area contributed by atoms with Gasteiger partial charge in [-0.3, -0.25) is 0 Å². The number of nitrogens with two attached hydrogens (primary N) is 1. The van der Waals surface area contributed by atoms with Gasteiger partial charge in [-0.25, -0.2) is 4.99 Å². The van der Waals surface area contributed by atoms with Crippen molar-refractivity contribution in [2.75, 3.05) is 25.6 Å². The van der Waals surface area contributed by atoms with E-state index in [4.69, 9.17) is 19.9 Å². The minimum atomic E-state index is 0. The third-order valence-electron chi connectivity index (χ3n) is 3.97. The SMILES string of the molecule is COCCOc1cccc(CN=C(N)Nc2cccc(Oc3ccccc3)c2)c1.I. The van der Waals surface area contributed by atoms with E-state index in [1.165, 1.54) is 0 Å². The fourth-order valence-corrected chi connectivity index (χ4v) is 2.60. The van der Waals surface area contributed by atoms with Gasteiger partial charge in [-0.15, -0.1) is 24.0 Å². The maximum absolute atomic E-state index is 6.04. The van der Waals surface area contributed by atoms with E-state index in [-0.39, 0.29) is 24.0 Å². The van der Waals surface area contributed by atoms with E-state index in [1.54, 1.807) is 7.11 Å². The van der Waals surface area contributed by atoms with Crippen LogP contribution in [0.5, 0.6) is 17.2 Å². The van der Waals surface area contributed by atoms with Gasteiger partial charge in [0.1, 0.15) is 23.9 Å². The van der Waals surface area contributed by atoms with Crippen LogP contribution in [0.4, 0.5) is 5.69 Å². The lowest BCUT2D eigenvalue weighted by Crippen LogP contribution is -2.22. The third-order valence-corrected chi connectivity index (χ3v) is 3.97. The highest BCUT2D eigenvalue weighted by Crippen LogP contribution is 2.23. The minimum absolute atomic E-state index is 0. The van der Waals surface area contributed by atoms with Crippen molar-refractivity contribution in [3.63, 3.8) is 0 Å². The zero-order valence-electron chi connectivity index (χ0n) is 16.8. The number of hydrogen-bond acceptors (Lipinski definition) is 4. The summed E-state index contributed by atoms with van der Waals surface area (Å²) >= 11 is 0. The van der Waals surface area contributed by atoms with E-state index < -0.39 is 0 Å². The molecular weight excluding hydrogens is 493 g/mol. The first kappa shape index (κ1) is 23.5. The maximum Gasteiger partial charge on any atom is 0.193 e. The van der Waals surface area contributed by atoms with Gasteiger partial charge >= 0.3 is 0 Å². The number of benzene rings is 3. The summed E-state index contributed by atoms with van der Waals surface area (Å²) in [6.07, 6.45) is 0. The molecule has 3 aromatic carbocycles. The summed E-state index contributed by atoms with van der Waals surface area (Å²) in [6, 6.07) is 25.0. The number of guanidine groups is 1. The Morgan fingerprint density at radius 2 is 1.60 bits per heavy atom. The number of rotatable bonds is 9. The van der Waals surface area contributed by atoms with Crippen molar-refractivity contribution < 1.29 is 14.2 Å². The van der Waals surface area contributed by atoms with Gasteiger partial charge < -0.3 is 25.3 Å². The third kappa shape index (κ3) is 7.92. The summed E-state index contributed by atoms with van der Waals surface area (Å²) in [6.45, 7) is 1.50. The number of nitrogens with one attached hydrogen (secondary N) is 1. The second-order valence-electron chi connectivity index (χ2n) is 6.26. The lowest BCUT2D eigenvalue weighted by Gasteiger charge is -2.10. The molecule has 30 heavy (non-hydrogen) atoms. The molecule has 0 aliphatic carbocycles. The topological polar surface area (TPSA) is 78.1 Å². The quantitative estimate of drug-likeness (QED) is 0.179. The molecule has 0 atom stereocenters. The molecule has 0 saturated heterocycles. The highest BCUT2D eigenvalue weighted by Gasteiger charge is 2.01. The second-order valence-corrected chi connectivity index (χ2v) is 6.26. The average Bonchev–Trinajstić information content (AvgIpc) is 2.74. The summed E-state index contributed by atoms with van der Waals surface area (Å²) in [4.78, 5) is 4.40. The Hall–Kier alpha value is -2.78. The number of nitrogens with zero attached hydrogens (tertiary/aromatic N) is 1. The number of para-hydroxylation sites is 1. The van der Waals surface area contributed by atoms with E-state index in [9.17, 15) is 0 Å². The first-order chi connectivity index (χ1) is 14.2. The average molecular weight is 519 g/mol. The van der Waals surface area contributed by atoms with Crippen LogP contribution in [0.1, 0.15) is 5.56 Å². The van der Waals surface area contributed by atoms with Crippen molar-refractivity contribution in [2.45, 2.75) is 6.54 Å². The number of halogens is 1. The molecule has 0 spiro atoms. The molecule has 0 radical (unpaired) electrons. The number of hydrogen-bond donors (Lipinski definition) is 2. The normalized spacial score (nSPS) is 10.8. The summed E-state index contributed by atoms with van der Waals surface area (Å²) in [5.41, 5.74) is 7.85. The van der Waals surface area contributed by atoms with Crippen LogP contribution in [-0.2, 0) is 11.3 Å². The molecule has 6 nitrogen and oxygen atoms in total. The van der Waals surface area contributed by atoms with Gasteiger partial charge in [-0.1, -0.05) is 36.4 Å². The minimum Gasteiger partial charge on any atom is -0.491 e. The van der Waals surface area contributed by atoms with Crippen molar-refractivity contribution in [3.8, 4) is 17.2 Å². The molecule has 0 unspecified atom stereocenters. The molecule has 0 aliphatic rings. The number of ether oxygens (including phenoxy) is 3. The summed E-state index contributed by atoms with van der Waals surface area (Å²) in [7, 11) is 1.65. The molecule has 0 fully saturated rings. The van der Waals surface area contributed by atoms with Crippen LogP contribution in [-0.4, -0.2) is 26.3 Å². The predicted molar refractivity (Wildman–Crippen MR) is 131 cm³/mol. The van der Waals surface area contributed by atoms with Gasteiger partial charge in [0.15, 0.2) is 5.96 Å². The Bertz CT molecular complexity index is 936. The molecule has 3 N–H and O–H groups in total. The first-order valence-electron chi connectivity index (χ1n) is 9.33. The number of aliphatic imine (C=N–C) groups is 1. The van der Waals surface area contributed by atoms with Gasteiger partial charge in [0.25, 0.3) is 0 Å². The van der Waals surface area contributed by atoms with Crippen LogP contribution in [0, 0.1) is 0 Å². The van der Waals surface area contributed by atoms with Gasteiger partial charge in [0.05, 0.1) is 13.2 Å². The highest BCUT2D eigenvalue weighted by atomic mass is 127. The highest BCUT2D eigenvalue weighted by molar-refractivity contribution is 14.0. The van der Waals surface area contributed by atoms with E-state index in [2.05, 4.69) is 10.3 Å². The van der Waals surface area contributed by atoms with Crippen molar-refractivity contribution in [2.24, 2.45) is 10.7 Å². The van der Waals surface area contributed by atoms with Crippen LogP contribution in [0.2, 0.25) is 0 Å². The van der Waals surface area contributed by atoms with Crippen LogP contribution < -0.4 is 20.5 Å². The Labute approximate surface area is 194 Å². The molecule has 0 heterocycles. The lowest BCUT2D eigenvalue weighted by molar-refractivity contribution is 0.146. The van der Waals surface area contributed by atoms with Gasteiger partial charge in [0, 0.05) is 18.9 Å². The summed E-state index contributed by atoms with van der Waals surface area (Å²) in [5.74, 6) is 2.61. The van der Waals surface area contributed by atoms with Crippen molar-refractivity contribution in [1.29, 1.82) is 0 Å². The van der Waals surface area contributed by atoms with Gasteiger partial charge in [0.2, 0.25) is 0 Å². The second kappa shape index (κ2) is 12.7. The Morgan fingerprint density at radius 1 is 0.867 bits per heavy atom. The molecule has 0 aromatic heterocycles. The van der Waals surface area contributed by atoms with Crippen LogP contribution in [0.3, 0.4) is 0 Å². The molecule has 0 amide bonds. The Morgan fingerprint density at radius 3 is 2.40 bits per heavy atom. The van der Waals surface area contributed by atoms with Crippen LogP contribution >= 0.6 is 24.0 Å². The fraction of sp³-hybridized carbons (Fsp3) is 0.174. The zero-order chi connectivity index (χ0) is 20.3. The molecule has 0 saturated carbocycles. The predicted octanol–water partition coefficient (Wildman–Crippen LogP) is 5.05. The monoisotopic (exact) mass is 519 g/mol. The lowest BCUT2D eigenvalue weighted by atomic mass is 10.2. The van der Waals surface area contributed by atoms with E-state index in [0.29, 0.717) is 25.7 Å².